The molecule has 0 unspecified atom stereocenters. The van der Waals surface area contributed by atoms with E-state index in [1.807, 2.05) is 16.8 Å². The van der Waals surface area contributed by atoms with Gasteiger partial charge in [-0.1, -0.05) is 41.4 Å². The highest BCUT2D eigenvalue weighted by Gasteiger charge is 2.42. The highest BCUT2D eigenvalue weighted by molar-refractivity contribution is 6.35. The van der Waals surface area contributed by atoms with Gasteiger partial charge in [0.2, 0.25) is 5.79 Å². The second-order valence-electron chi connectivity index (χ2n) is 8.57. The quantitative estimate of drug-likeness (QED) is 0.525. The van der Waals surface area contributed by atoms with Crippen LogP contribution in [0.4, 0.5) is 5.69 Å². The molecule has 3 heterocycles. The van der Waals surface area contributed by atoms with Crippen molar-refractivity contribution < 1.29 is 14.2 Å². The average molecular weight is 503 g/mol. The first-order valence-electron chi connectivity index (χ1n) is 11.5. The van der Waals surface area contributed by atoms with Crippen molar-refractivity contribution >= 4 is 28.9 Å². The van der Waals surface area contributed by atoms with E-state index in [1.54, 1.807) is 24.7 Å². The second kappa shape index (κ2) is 10.6. The fraction of sp³-hybridized carbons (Fsp3) is 0.400. The van der Waals surface area contributed by atoms with Gasteiger partial charge in [-0.05, 0) is 29.8 Å². The molecule has 2 aromatic carbocycles. The minimum atomic E-state index is -1.05. The number of hydrogen-bond donors (Lipinski definition) is 1. The van der Waals surface area contributed by atoms with Gasteiger partial charge >= 0.3 is 0 Å². The number of rotatable bonds is 7. The molecule has 180 valence electrons. The van der Waals surface area contributed by atoms with Crippen LogP contribution < -0.4 is 10.2 Å². The van der Waals surface area contributed by atoms with Gasteiger partial charge in [-0.25, -0.2) is 4.98 Å². The Morgan fingerprint density at radius 3 is 2.50 bits per heavy atom. The van der Waals surface area contributed by atoms with Crippen molar-refractivity contribution in [2.45, 2.75) is 25.0 Å². The van der Waals surface area contributed by atoms with Crippen LogP contribution in [-0.2, 0) is 33.1 Å². The molecular formula is C25H28Cl2N4O3. The van der Waals surface area contributed by atoms with Crippen LogP contribution in [0.5, 0.6) is 0 Å². The SMILES string of the molecule is Clc1ccc([C@]2(Cn3ccnc3)OC[C@@H](OCc3ccc(N4CCNCC4)cc3)CO2)c(Cl)c1. The van der Waals surface area contributed by atoms with Crippen LogP contribution in [0.25, 0.3) is 0 Å². The van der Waals surface area contributed by atoms with Crippen molar-refractivity contribution in [2.75, 3.05) is 44.3 Å². The highest BCUT2D eigenvalue weighted by Crippen LogP contribution is 2.38. The molecule has 0 saturated carbocycles. The van der Waals surface area contributed by atoms with E-state index in [0.717, 1.165) is 37.3 Å². The Morgan fingerprint density at radius 2 is 1.82 bits per heavy atom. The molecule has 0 radical (unpaired) electrons. The molecule has 0 aliphatic carbocycles. The minimum absolute atomic E-state index is 0.185. The number of imidazole rings is 1. The Morgan fingerprint density at radius 1 is 1.06 bits per heavy atom. The van der Waals surface area contributed by atoms with Gasteiger partial charge in [0, 0.05) is 54.8 Å². The smallest absolute Gasteiger partial charge is 0.215 e. The number of nitrogens with zero attached hydrogens (tertiary/aromatic N) is 3. The van der Waals surface area contributed by atoms with Crippen molar-refractivity contribution in [3.05, 3.63) is 82.4 Å². The number of hydrogen-bond acceptors (Lipinski definition) is 6. The third-order valence-corrected chi connectivity index (χ3v) is 6.75. The van der Waals surface area contributed by atoms with Crippen LogP contribution in [0.15, 0.2) is 61.2 Å². The number of aromatic nitrogens is 2. The standard InChI is InChI=1S/C25H28Cl2N4O3/c26-20-3-6-23(24(27)13-20)25(17-30-10-7-29-18-30)33-15-22(16-34-25)32-14-19-1-4-21(5-2-19)31-11-8-28-9-12-31/h1-7,10,13,18,22,28H,8-9,11-12,14-17H2/t22-,25-. The number of piperazine rings is 1. The molecule has 2 aliphatic heterocycles. The van der Waals surface area contributed by atoms with Crippen molar-refractivity contribution in [3.63, 3.8) is 0 Å². The van der Waals surface area contributed by atoms with Crippen LogP contribution in [0.3, 0.4) is 0 Å². The summed E-state index contributed by atoms with van der Waals surface area (Å²) in [7, 11) is 0. The second-order valence-corrected chi connectivity index (χ2v) is 9.41. The summed E-state index contributed by atoms with van der Waals surface area (Å²) in [6.07, 6.45) is 5.13. The normalized spacial score (nSPS) is 23.2. The van der Waals surface area contributed by atoms with Crippen molar-refractivity contribution in [3.8, 4) is 0 Å². The first-order chi connectivity index (χ1) is 16.6. The largest absolute Gasteiger partial charge is 0.369 e. The molecule has 34 heavy (non-hydrogen) atoms. The summed E-state index contributed by atoms with van der Waals surface area (Å²) in [5.41, 5.74) is 3.10. The molecule has 0 amide bonds. The van der Waals surface area contributed by atoms with Gasteiger partial charge in [-0.2, -0.15) is 0 Å². The molecule has 1 N–H and O–H groups in total. The van der Waals surface area contributed by atoms with E-state index in [4.69, 9.17) is 37.4 Å². The summed E-state index contributed by atoms with van der Waals surface area (Å²) in [6, 6.07) is 13.9. The van der Waals surface area contributed by atoms with E-state index in [-0.39, 0.29) is 6.10 Å². The number of halogens is 2. The van der Waals surface area contributed by atoms with Crippen molar-refractivity contribution in [2.24, 2.45) is 0 Å². The molecule has 0 bridgehead atoms. The van der Waals surface area contributed by atoms with E-state index in [1.165, 1.54) is 5.69 Å². The Bertz CT molecular complexity index is 1060. The maximum Gasteiger partial charge on any atom is 0.215 e. The monoisotopic (exact) mass is 502 g/mol. The number of ether oxygens (including phenoxy) is 3. The molecular weight excluding hydrogens is 475 g/mol. The molecule has 2 fully saturated rings. The summed E-state index contributed by atoms with van der Waals surface area (Å²) in [5, 5.41) is 4.44. The van der Waals surface area contributed by atoms with Gasteiger partial charge in [-0.15, -0.1) is 0 Å². The lowest BCUT2D eigenvalue weighted by Crippen LogP contribution is -2.47. The Hall–Kier alpha value is -2.13. The zero-order chi connectivity index (χ0) is 23.4. The summed E-state index contributed by atoms with van der Waals surface area (Å²) in [6.45, 7) is 5.78. The number of nitrogens with one attached hydrogen (secondary N) is 1. The van der Waals surface area contributed by atoms with Crippen LogP contribution in [0, 0.1) is 0 Å². The molecule has 7 nitrogen and oxygen atoms in total. The van der Waals surface area contributed by atoms with E-state index in [9.17, 15) is 0 Å². The molecule has 0 spiro atoms. The lowest BCUT2D eigenvalue weighted by molar-refractivity contribution is -0.313. The Labute approximate surface area is 209 Å². The van der Waals surface area contributed by atoms with Crippen LogP contribution in [-0.4, -0.2) is 55.0 Å². The predicted octanol–water partition coefficient (Wildman–Crippen LogP) is 4.08. The predicted molar refractivity (Wildman–Crippen MR) is 132 cm³/mol. The summed E-state index contributed by atoms with van der Waals surface area (Å²) < 4.78 is 20.6. The Kier molecular flexibility index (Phi) is 7.39. The molecule has 0 atom stereocenters. The van der Waals surface area contributed by atoms with Gasteiger partial charge < -0.3 is 29.0 Å². The van der Waals surface area contributed by atoms with E-state index in [0.29, 0.717) is 36.4 Å². The number of benzene rings is 2. The molecule has 5 rings (SSSR count). The van der Waals surface area contributed by atoms with Gasteiger partial charge in [0.25, 0.3) is 0 Å². The fourth-order valence-electron chi connectivity index (χ4n) is 4.33. The molecule has 3 aromatic rings. The van der Waals surface area contributed by atoms with Crippen LogP contribution >= 0.6 is 23.2 Å². The molecule has 2 saturated heterocycles. The summed E-state index contributed by atoms with van der Waals surface area (Å²) in [4.78, 5) is 6.52. The Balaban J connectivity index is 1.22. The van der Waals surface area contributed by atoms with Gasteiger partial charge in [0.05, 0.1) is 37.7 Å². The highest BCUT2D eigenvalue weighted by atomic mass is 35.5. The van der Waals surface area contributed by atoms with Gasteiger partial charge in [0.15, 0.2) is 0 Å². The first-order valence-corrected chi connectivity index (χ1v) is 12.2. The number of anilines is 1. The zero-order valence-corrected chi connectivity index (χ0v) is 20.3. The summed E-state index contributed by atoms with van der Waals surface area (Å²) >= 11 is 12.6. The zero-order valence-electron chi connectivity index (χ0n) is 18.8. The minimum Gasteiger partial charge on any atom is -0.369 e. The van der Waals surface area contributed by atoms with Gasteiger partial charge in [0.1, 0.15) is 6.10 Å². The van der Waals surface area contributed by atoms with Crippen LogP contribution in [0.1, 0.15) is 11.1 Å². The summed E-state index contributed by atoms with van der Waals surface area (Å²) in [5.74, 6) is -1.05. The maximum atomic E-state index is 6.53. The first kappa shape index (κ1) is 23.6. The van der Waals surface area contributed by atoms with Crippen molar-refractivity contribution in [1.82, 2.24) is 14.9 Å². The van der Waals surface area contributed by atoms with Crippen molar-refractivity contribution in [1.29, 1.82) is 0 Å². The topological polar surface area (TPSA) is 60.8 Å². The molecule has 1 aromatic heterocycles. The lowest BCUT2D eigenvalue weighted by Gasteiger charge is -2.41. The molecule has 9 heteroatoms. The van der Waals surface area contributed by atoms with E-state index in [2.05, 4.69) is 39.5 Å². The lowest BCUT2D eigenvalue weighted by atomic mass is 10.0. The van der Waals surface area contributed by atoms with Crippen LogP contribution in [0.2, 0.25) is 10.0 Å². The third-order valence-electron chi connectivity index (χ3n) is 6.20. The van der Waals surface area contributed by atoms with E-state index < -0.39 is 5.79 Å². The average Bonchev–Trinajstić information content (AvgIpc) is 3.37. The molecule has 2 aliphatic rings. The maximum absolute atomic E-state index is 6.53. The van der Waals surface area contributed by atoms with Gasteiger partial charge in [-0.3, -0.25) is 0 Å². The fourth-order valence-corrected chi connectivity index (χ4v) is 4.88. The third kappa shape index (κ3) is 5.40. The van der Waals surface area contributed by atoms with E-state index >= 15 is 0 Å².